The van der Waals surface area contributed by atoms with E-state index in [4.69, 9.17) is 4.42 Å². The minimum Gasteiger partial charge on any atom is -0.481 e. The van der Waals surface area contributed by atoms with E-state index < -0.39 is 17.7 Å². The van der Waals surface area contributed by atoms with Gasteiger partial charge in [0.1, 0.15) is 17.2 Å². The molecule has 8 heteroatoms. The molecule has 0 radical (unpaired) electrons. The number of halogens is 1. The van der Waals surface area contributed by atoms with Crippen molar-refractivity contribution in [3.63, 3.8) is 0 Å². The molecule has 0 spiro atoms. The molecule has 1 heterocycles. The van der Waals surface area contributed by atoms with Gasteiger partial charge in [0.05, 0.1) is 12.0 Å². The number of benzene rings is 3. The van der Waals surface area contributed by atoms with E-state index in [1.807, 2.05) is 6.07 Å². The number of rotatable bonds is 7. The largest absolute Gasteiger partial charge is 0.481 e. The van der Waals surface area contributed by atoms with Crippen LogP contribution in [0.15, 0.2) is 65.1 Å². The second kappa shape index (κ2) is 9.33. The van der Waals surface area contributed by atoms with Crippen molar-refractivity contribution >= 4 is 28.8 Å². The number of amides is 2. The Hall–Kier alpha value is -4.46. The van der Waals surface area contributed by atoms with Crippen LogP contribution in [0.4, 0.5) is 4.39 Å². The van der Waals surface area contributed by atoms with E-state index in [-0.39, 0.29) is 29.2 Å². The van der Waals surface area contributed by atoms with Crippen LogP contribution in [0.2, 0.25) is 0 Å². The molecule has 7 rings (SSSR count). The number of fused-ring (bicyclic) bond motifs is 1. The van der Waals surface area contributed by atoms with Crippen molar-refractivity contribution in [2.24, 2.45) is 17.8 Å². The highest BCUT2D eigenvalue weighted by Gasteiger charge is 2.69. The van der Waals surface area contributed by atoms with Crippen LogP contribution in [-0.2, 0) is 11.2 Å². The van der Waals surface area contributed by atoms with Gasteiger partial charge < -0.3 is 20.2 Å². The van der Waals surface area contributed by atoms with E-state index in [0.717, 1.165) is 6.42 Å². The van der Waals surface area contributed by atoms with Gasteiger partial charge in [0.15, 0.2) is 0 Å². The summed E-state index contributed by atoms with van der Waals surface area (Å²) in [5.41, 5.74) is 3.13. The van der Waals surface area contributed by atoms with Gasteiger partial charge in [-0.05, 0) is 89.4 Å². The second-order valence-corrected chi connectivity index (χ2v) is 11.0. The lowest BCUT2D eigenvalue weighted by atomic mass is 9.37. The van der Waals surface area contributed by atoms with Crippen molar-refractivity contribution in [1.29, 1.82) is 0 Å². The number of aliphatic carboxylic acids is 1. The molecule has 3 aromatic carbocycles. The lowest BCUT2D eigenvalue weighted by Gasteiger charge is -2.72. The Balaban J connectivity index is 1.46. The predicted molar refractivity (Wildman–Crippen MR) is 148 cm³/mol. The van der Waals surface area contributed by atoms with E-state index in [0.29, 0.717) is 56.5 Å². The Morgan fingerprint density at radius 1 is 1.00 bits per heavy atom. The zero-order chi connectivity index (χ0) is 28.3. The van der Waals surface area contributed by atoms with E-state index in [2.05, 4.69) is 24.5 Å². The summed E-state index contributed by atoms with van der Waals surface area (Å²) >= 11 is 0. The van der Waals surface area contributed by atoms with Gasteiger partial charge in [-0.1, -0.05) is 26.0 Å². The normalized spacial score (nSPS) is 22.8. The molecule has 204 valence electrons. The van der Waals surface area contributed by atoms with Gasteiger partial charge in [0.25, 0.3) is 11.8 Å². The molecule has 4 aromatic rings. The molecular formula is C32H29FN2O5. The zero-order valence-corrected chi connectivity index (χ0v) is 22.4. The number of carboxylic acids is 1. The lowest BCUT2D eigenvalue weighted by molar-refractivity contribution is -0.184. The van der Waals surface area contributed by atoms with Crippen molar-refractivity contribution in [3.05, 3.63) is 83.2 Å². The smallest absolute Gasteiger partial charge is 0.307 e. The zero-order valence-electron chi connectivity index (χ0n) is 22.4. The standard InChI is InChI=1S/C32H29FN2O5/c1-16-25-15-32(16,17(25)2)35-30(38)20-6-4-5-19(11-20)23-14-24-26(12-21(23)13-27(36)37)40-29(28(24)31(39)34-3)18-7-9-22(33)10-8-18/h4-12,14,16-17,25H,13,15H2,1-3H3,(H,34,39)(H,35,38)(H,36,37). The molecule has 0 saturated heterocycles. The number of carboxylic acid groups (broad SMARTS) is 1. The quantitative estimate of drug-likeness (QED) is 0.280. The first kappa shape index (κ1) is 25.8. The van der Waals surface area contributed by atoms with E-state index in [1.54, 1.807) is 30.3 Å². The lowest BCUT2D eigenvalue weighted by Crippen LogP contribution is -2.80. The minimum absolute atomic E-state index is 0.152. The molecule has 1 aromatic heterocycles. The molecule has 2 bridgehead atoms. The third kappa shape index (κ3) is 3.89. The summed E-state index contributed by atoms with van der Waals surface area (Å²) in [4.78, 5) is 38.1. The second-order valence-electron chi connectivity index (χ2n) is 11.0. The Morgan fingerprint density at radius 3 is 2.35 bits per heavy atom. The molecule has 3 saturated carbocycles. The monoisotopic (exact) mass is 540 g/mol. The van der Waals surface area contributed by atoms with Crippen molar-refractivity contribution < 1.29 is 28.3 Å². The van der Waals surface area contributed by atoms with Crippen molar-refractivity contribution in [1.82, 2.24) is 10.6 Å². The van der Waals surface area contributed by atoms with Crippen LogP contribution in [0.5, 0.6) is 0 Å². The highest BCUT2D eigenvalue weighted by molar-refractivity contribution is 6.12. The minimum atomic E-state index is -1.03. The van der Waals surface area contributed by atoms with Gasteiger partial charge in [0.2, 0.25) is 0 Å². The average molecular weight is 541 g/mol. The van der Waals surface area contributed by atoms with Crippen molar-refractivity contribution in [2.45, 2.75) is 32.2 Å². The van der Waals surface area contributed by atoms with Crippen LogP contribution in [0.3, 0.4) is 0 Å². The first-order chi connectivity index (χ1) is 19.1. The van der Waals surface area contributed by atoms with Gasteiger partial charge in [-0.2, -0.15) is 0 Å². The third-order valence-corrected chi connectivity index (χ3v) is 9.08. The van der Waals surface area contributed by atoms with Gasteiger partial charge in [-0.25, -0.2) is 4.39 Å². The summed E-state index contributed by atoms with van der Waals surface area (Å²) in [7, 11) is 1.50. The number of hydrogen-bond donors (Lipinski definition) is 3. The maximum absolute atomic E-state index is 13.6. The van der Waals surface area contributed by atoms with Gasteiger partial charge in [0, 0.05) is 29.1 Å². The molecule has 3 aliphatic rings. The molecule has 3 aliphatic carbocycles. The summed E-state index contributed by atoms with van der Waals surface area (Å²) in [6.07, 6.45) is 0.711. The Bertz CT molecular complexity index is 1680. The first-order valence-electron chi connectivity index (χ1n) is 13.3. The van der Waals surface area contributed by atoms with Crippen LogP contribution in [0, 0.1) is 23.6 Å². The summed E-state index contributed by atoms with van der Waals surface area (Å²) in [6.45, 7) is 4.35. The first-order valence-corrected chi connectivity index (χ1v) is 13.3. The molecular weight excluding hydrogens is 511 g/mol. The summed E-state index contributed by atoms with van der Waals surface area (Å²) in [6, 6.07) is 16.0. The van der Waals surface area contributed by atoms with Gasteiger partial charge in [-0.3, -0.25) is 14.4 Å². The number of hydrogen-bond acceptors (Lipinski definition) is 4. The van der Waals surface area contributed by atoms with Gasteiger partial charge >= 0.3 is 5.97 Å². The highest BCUT2D eigenvalue weighted by Crippen LogP contribution is 2.65. The molecule has 2 amide bonds. The molecule has 3 fully saturated rings. The summed E-state index contributed by atoms with van der Waals surface area (Å²) in [5.74, 6) is -0.175. The van der Waals surface area contributed by atoms with Crippen LogP contribution >= 0.6 is 0 Å². The molecule has 7 nitrogen and oxygen atoms in total. The molecule has 2 unspecified atom stereocenters. The fourth-order valence-electron chi connectivity index (χ4n) is 6.60. The highest BCUT2D eigenvalue weighted by atomic mass is 19.1. The number of carbonyl (C=O) groups excluding carboxylic acids is 2. The van der Waals surface area contributed by atoms with Gasteiger partial charge in [-0.15, -0.1) is 0 Å². The van der Waals surface area contributed by atoms with Crippen molar-refractivity contribution in [3.8, 4) is 22.5 Å². The molecule has 3 N–H and O–H groups in total. The molecule has 40 heavy (non-hydrogen) atoms. The van der Waals surface area contributed by atoms with Crippen LogP contribution in [-0.4, -0.2) is 35.5 Å². The van der Waals surface area contributed by atoms with Crippen LogP contribution in [0.1, 0.15) is 46.5 Å². The Morgan fingerprint density at radius 2 is 1.73 bits per heavy atom. The van der Waals surface area contributed by atoms with E-state index >= 15 is 0 Å². The topological polar surface area (TPSA) is 109 Å². The predicted octanol–water partition coefficient (Wildman–Crippen LogP) is 5.67. The Kier molecular flexibility index (Phi) is 6.02. The number of nitrogens with one attached hydrogen (secondary N) is 2. The maximum atomic E-state index is 13.6. The van der Waals surface area contributed by atoms with E-state index in [9.17, 15) is 23.9 Å². The third-order valence-electron chi connectivity index (χ3n) is 9.08. The Labute approximate surface area is 230 Å². The summed E-state index contributed by atoms with van der Waals surface area (Å²) < 4.78 is 19.7. The van der Waals surface area contributed by atoms with E-state index in [1.165, 1.54) is 31.3 Å². The fraction of sp³-hybridized carbons (Fsp3) is 0.281. The number of carbonyl (C=O) groups is 3. The average Bonchev–Trinajstić information content (AvgIpc) is 3.32. The fourth-order valence-corrected chi connectivity index (χ4v) is 6.60. The summed E-state index contributed by atoms with van der Waals surface area (Å²) in [5, 5.41) is 16.0. The van der Waals surface area contributed by atoms with Crippen LogP contribution < -0.4 is 10.6 Å². The number of furan rings is 1. The SMILES string of the molecule is CNC(=O)c1c(-c2ccc(F)cc2)oc2cc(CC(=O)O)c(-c3cccc(C(=O)NC45CC(C4C)C5C)c3)cc12. The van der Waals surface area contributed by atoms with Crippen LogP contribution in [0.25, 0.3) is 33.4 Å². The maximum Gasteiger partial charge on any atom is 0.307 e. The molecule has 2 atom stereocenters. The molecule has 0 aliphatic heterocycles. The van der Waals surface area contributed by atoms with Crippen molar-refractivity contribution in [2.75, 3.05) is 7.05 Å².